The molecule has 0 aliphatic heterocycles. The van der Waals surface area contributed by atoms with Crippen LogP contribution in [0.1, 0.15) is 60.4 Å². The van der Waals surface area contributed by atoms with Crippen LogP contribution in [0.15, 0.2) is 43.0 Å². The van der Waals surface area contributed by atoms with Gasteiger partial charge in [-0.3, -0.25) is 4.40 Å². The van der Waals surface area contributed by atoms with Gasteiger partial charge in [-0.25, -0.2) is 9.67 Å². The molecule has 0 spiro atoms. The summed E-state index contributed by atoms with van der Waals surface area (Å²) in [6.07, 6.45) is 9.22. The Labute approximate surface area is 182 Å². The Hall–Kier alpha value is -2.75. The number of benzene rings is 1. The lowest BCUT2D eigenvalue weighted by Gasteiger charge is -2.10. The molecule has 8 nitrogen and oxygen atoms in total. The molecule has 2 saturated carbocycles. The summed E-state index contributed by atoms with van der Waals surface area (Å²) in [6, 6.07) is 7.56. The molecular formula is C22H23N5O3S. The van der Waals surface area contributed by atoms with Crippen LogP contribution >= 0.6 is 11.3 Å². The quantitative estimate of drug-likeness (QED) is 0.439. The summed E-state index contributed by atoms with van der Waals surface area (Å²) in [5.74, 6) is 1.28. The predicted molar refractivity (Wildman–Crippen MR) is 115 cm³/mol. The van der Waals surface area contributed by atoms with E-state index in [4.69, 9.17) is 4.74 Å². The number of aliphatic hydroxyl groups is 2. The van der Waals surface area contributed by atoms with Crippen LogP contribution in [0.25, 0.3) is 10.5 Å². The average molecular weight is 438 g/mol. The van der Waals surface area contributed by atoms with Gasteiger partial charge in [-0.15, -0.1) is 16.4 Å². The van der Waals surface area contributed by atoms with Crippen molar-refractivity contribution in [1.82, 2.24) is 24.4 Å². The first-order valence-electron chi connectivity index (χ1n) is 10.6. The Morgan fingerprint density at radius 1 is 1.23 bits per heavy atom. The van der Waals surface area contributed by atoms with E-state index < -0.39 is 11.7 Å². The van der Waals surface area contributed by atoms with E-state index in [9.17, 15) is 10.2 Å². The molecule has 6 rings (SSSR count). The third kappa shape index (κ3) is 3.62. The molecule has 4 aromatic rings. The Balaban J connectivity index is 1.20. The first kappa shape index (κ1) is 19.0. The molecule has 3 aromatic heterocycles. The highest BCUT2D eigenvalue weighted by molar-refractivity contribution is 7.17. The maximum atomic E-state index is 11.1. The van der Waals surface area contributed by atoms with Crippen LogP contribution < -0.4 is 4.74 Å². The van der Waals surface area contributed by atoms with Gasteiger partial charge in [0.15, 0.2) is 0 Å². The molecule has 2 fully saturated rings. The normalized spacial score (nSPS) is 18.4. The molecular weight excluding hydrogens is 414 g/mol. The zero-order valence-corrected chi connectivity index (χ0v) is 17.7. The fraction of sp³-hybridized carbons (Fsp3) is 0.409. The second-order valence-electron chi connectivity index (χ2n) is 8.53. The van der Waals surface area contributed by atoms with E-state index in [1.165, 1.54) is 4.88 Å². The molecule has 9 heteroatoms. The molecule has 2 aliphatic carbocycles. The SMILES string of the molecule is OC(c1cn(-c2ccc(OCCC3(O)CC3)cc2)nn1)c1c(C2CC2)sc2cncn12. The molecule has 1 atom stereocenters. The van der Waals surface area contributed by atoms with Crippen molar-refractivity contribution < 1.29 is 14.9 Å². The minimum atomic E-state index is -0.858. The minimum absolute atomic E-state index is 0.498. The number of imidazole rings is 1. The Kier molecular flexibility index (Phi) is 4.38. The van der Waals surface area contributed by atoms with Gasteiger partial charge in [-0.05, 0) is 55.9 Å². The van der Waals surface area contributed by atoms with Gasteiger partial charge in [0.1, 0.15) is 28.7 Å². The average Bonchev–Trinajstić information content (AvgIpc) is 3.58. The summed E-state index contributed by atoms with van der Waals surface area (Å²) in [7, 11) is 0. The maximum absolute atomic E-state index is 11.1. The van der Waals surface area contributed by atoms with Crippen LogP contribution in [-0.4, -0.2) is 46.8 Å². The summed E-state index contributed by atoms with van der Waals surface area (Å²) in [5.41, 5.74) is 1.70. The van der Waals surface area contributed by atoms with E-state index in [-0.39, 0.29) is 0 Å². The van der Waals surface area contributed by atoms with Gasteiger partial charge in [0.05, 0.1) is 36.0 Å². The monoisotopic (exact) mass is 437 g/mol. The van der Waals surface area contributed by atoms with Crippen LogP contribution in [0, 0.1) is 0 Å². The fourth-order valence-electron chi connectivity index (χ4n) is 3.84. The lowest BCUT2D eigenvalue weighted by Crippen LogP contribution is -2.12. The summed E-state index contributed by atoms with van der Waals surface area (Å²) in [4.78, 5) is 6.47. The van der Waals surface area contributed by atoms with Crippen molar-refractivity contribution >= 4 is 16.2 Å². The largest absolute Gasteiger partial charge is 0.493 e. The Bertz CT molecular complexity index is 1220. The lowest BCUT2D eigenvalue weighted by atomic mass is 10.1. The minimum Gasteiger partial charge on any atom is -0.493 e. The van der Waals surface area contributed by atoms with Crippen molar-refractivity contribution in [3.05, 3.63) is 59.3 Å². The fourth-order valence-corrected chi connectivity index (χ4v) is 5.14. The van der Waals surface area contributed by atoms with E-state index in [0.29, 0.717) is 24.6 Å². The molecule has 0 saturated heterocycles. The Morgan fingerprint density at radius 3 is 2.77 bits per heavy atom. The molecule has 1 unspecified atom stereocenters. The van der Waals surface area contributed by atoms with Crippen LogP contribution in [0.5, 0.6) is 5.75 Å². The number of rotatable bonds is 8. The standard InChI is InChI=1S/C22H23N5O3S/c28-20(19-21(14-1-2-14)31-18-11-23-13-26(18)19)17-12-27(25-24-17)15-3-5-16(6-4-15)30-10-9-22(29)7-8-22/h3-6,11-14,20,28-29H,1-2,7-10H2. The highest BCUT2D eigenvalue weighted by Crippen LogP contribution is 2.47. The summed E-state index contributed by atoms with van der Waals surface area (Å²) in [6.45, 7) is 0.502. The van der Waals surface area contributed by atoms with Crippen molar-refractivity contribution in [3.8, 4) is 11.4 Å². The highest BCUT2D eigenvalue weighted by atomic mass is 32.1. The molecule has 0 radical (unpaired) electrons. The van der Waals surface area contributed by atoms with Crippen LogP contribution in [0.2, 0.25) is 0 Å². The number of hydrogen-bond donors (Lipinski definition) is 2. The molecule has 160 valence electrons. The van der Waals surface area contributed by atoms with Gasteiger partial charge in [0, 0.05) is 11.3 Å². The van der Waals surface area contributed by atoms with Crippen molar-refractivity contribution in [1.29, 1.82) is 0 Å². The number of aromatic nitrogens is 5. The van der Waals surface area contributed by atoms with Gasteiger partial charge < -0.3 is 14.9 Å². The van der Waals surface area contributed by atoms with Crippen LogP contribution in [-0.2, 0) is 0 Å². The van der Waals surface area contributed by atoms with Crippen LogP contribution in [0.4, 0.5) is 0 Å². The second kappa shape index (κ2) is 7.15. The first-order chi connectivity index (χ1) is 15.1. The van der Waals surface area contributed by atoms with Gasteiger partial charge in [0.25, 0.3) is 0 Å². The van der Waals surface area contributed by atoms with Gasteiger partial charge in [0.2, 0.25) is 0 Å². The molecule has 1 aromatic carbocycles. The zero-order chi connectivity index (χ0) is 21.0. The highest BCUT2D eigenvalue weighted by Gasteiger charge is 2.39. The van der Waals surface area contributed by atoms with Crippen molar-refractivity contribution in [2.45, 2.75) is 49.7 Å². The number of ether oxygens (including phenoxy) is 1. The number of hydrogen-bond acceptors (Lipinski definition) is 7. The lowest BCUT2D eigenvalue weighted by molar-refractivity contribution is 0.117. The third-order valence-electron chi connectivity index (χ3n) is 6.09. The summed E-state index contributed by atoms with van der Waals surface area (Å²) >= 11 is 1.70. The number of nitrogens with zero attached hydrogens (tertiary/aromatic N) is 5. The van der Waals surface area contributed by atoms with Crippen molar-refractivity contribution in [2.24, 2.45) is 0 Å². The topological polar surface area (TPSA) is 97.7 Å². The maximum Gasteiger partial charge on any atom is 0.141 e. The van der Waals surface area contributed by atoms with E-state index in [2.05, 4.69) is 15.3 Å². The molecule has 31 heavy (non-hydrogen) atoms. The van der Waals surface area contributed by atoms with E-state index in [1.54, 1.807) is 28.5 Å². The summed E-state index contributed by atoms with van der Waals surface area (Å²) < 4.78 is 9.35. The molecule has 2 N–H and O–H groups in total. The predicted octanol–water partition coefficient (Wildman–Crippen LogP) is 3.23. The third-order valence-corrected chi connectivity index (χ3v) is 7.37. The number of fused-ring (bicyclic) bond motifs is 1. The van der Waals surface area contributed by atoms with E-state index >= 15 is 0 Å². The van der Waals surface area contributed by atoms with Crippen LogP contribution in [0.3, 0.4) is 0 Å². The molecule has 2 aliphatic rings. The smallest absolute Gasteiger partial charge is 0.141 e. The van der Waals surface area contributed by atoms with Gasteiger partial charge >= 0.3 is 0 Å². The van der Waals surface area contributed by atoms with Gasteiger partial charge in [-0.1, -0.05) is 5.21 Å². The first-order valence-corrected chi connectivity index (χ1v) is 11.4. The number of thiazole rings is 1. The molecule has 3 heterocycles. The summed E-state index contributed by atoms with van der Waals surface area (Å²) in [5, 5.41) is 29.5. The number of aliphatic hydroxyl groups excluding tert-OH is 1. The van der Waals surface area contributed by atoms with E-state index in [1.807, 2.05) is 34.9 Å². The molecule has 0 bridgehead atoms. The van der Waals surface area contributed by atoms with Crippen molar-refractivity contribution in [2.75, 3.05) is 6.61 Å². The second-order valence-corrected chi connectivity index (χ2v) is 9.60. The van der Waals surface area contributed by atoms with E-state index in [0.717, 1.165) is 47.6 Å². The zero-order valence-electron chi connectivity index (χ0n) is 16.9. The van der Waals surface area contributed by atoms with Crippen molar-refractivity contribution in [3.63, 3.8) is 0 Å². The Morgan fingerprint density at radius 2 is 2.03 bits per heavy atom. The van der Waals surface area contributed by atoms with Gasteiger partial charge in [-0.2, -0.15) is 0 Å². The molecule has 0 amide bonds.